The first-order valence-corrected chi connectivity index (χ1v) is 5.49. The van der Waals surface area contributed by atoms with Crippen LogP contribution in [0.1, 0.15) is 5.69 Å². The molecule has 6 nitrogen and oxygen atoms in total. The minimum absolute atomic E-state index is 0.739. The Hall–Kier alpha value is -1.89. The molecule has 80 valence electrons. The van der Waals surface area contributed by atoms with Crippen molar-refractivity contribution in [3.05, 3.63) is 30.5 Å². The number of H-pyrrole nitrogens is 1. The topological polar surface area (TPSA) is 71.8 Å². The number of aromatic amines is 1. The van der Waals surface area contributed by atoms with Crippen molar-refractivity contribution in [2.45, 2.75) is 17.0 Å². The van der Waals surface area contributed by atoms with Crippen LogP contribution in [0.15, 0.2) is 34.8 Å². The summed E-state index contributed by atoms with van der Waals surface area (Å²) in [7, 11) is 0. The summed E-state index contributed by atoms with van der Waals surface area (Å²) < 4.78 is 1.76. The molecule has 0 radical (unpaired) electrons. The van der Waals surface area contributed by atoms with Crippen molar-refractivity contribution in [1.29, 1.82) is 0 Å². The maximum Gasteiger partial charge on any atom is 0.188 e. The molecule has 0 spiro atoms. The van der Waals surface area contributed by atoms with E-state index in [1.54, 1.807) is 10.7 Å². The third-order valence-corrected chi connectivity index (χ3v) is 3.18. The van der Waals surface area contributed by atoms with E-state index >= 15 is 0 Å². The van der Waals surface area contributed by atoms with Gasteiger partial charge in [-0.25, -0.2) is 14.5 Å². The highest BCUT2D eigenvalue weighted by Gasteiger charge is 2.12. The molecule has 0 aliphatic carbocycles. The van der Waals surface area contributed by atoms with Crippen molar-refractivity contribution < 1.29 is 0 Å². The predicted molar refractivity (Wildman–Crippen MR) is 58.2 cm³/mol. The first-order chi connectivity index (χ1) is 7.84. The average molecular weight is 232 g/mol. The van der Waals surface area contributed by atoms with E-state index in [4.69, 9.17) is 0 Å². The van der Waals surface area contributed by atoms with Crippen LogP contribution < -0.4 is 0 Å². The van der Waals surface area contributed by atoms with Crippen molar-refractivity contribution in [3.63, 3.8) is 0 Å². The highest BCUT2D eigenvalue weighted by atomic mass is 32.2. The Bertz CT molecular complexity index is 614. The molecule has 3 aromatic heterocycles. The summed E-state index contributed by atoms with van der Waals surface area (Å²) in [6.45, 7) is 1.95. The first kappa shape index (κ1) is 9.34. The minimum atomic E-state index is 0.739. The molecule has 3 rings (SSSR count). The summed E-state index contributed by atoms with van der Waals surface area (Å²) in [6.07, 6.45) is 5.11. The Balaban J connectivity index is 2.12. The van der Waals surface area contributed by atoms with Gasteiger partial charge in [0.15, 0.2) is 10.8 Å². The molecule has 0 fully saturated rings. The highest BCUT2D eigenvalue weighted by molar-refractivity contribution is 7.99. The van der Waals surface area contributed by atoms with Crippen LogP contribution in [0.5, 0.6) is 0 Å². The molecule has 0 amide bonds. The molecule has 0 saturated carbocycles. The van der Waals surface area contributed by atoms with Crippen LogP contribution >= 0.6 is 11.8 Å². The summed E-state index contributed by atoms with van der Waals surface area (Å²) in [5.74, 6) is 0. The number of hydrogen-bond donors (Lipinski definition) is 1. The summed E-state index contributed by atoms with van der Waals surface area (Å²) in [6, 6.07) is 1.85. The van der Waals surface area contributed by atoms with Gasteiger partial charge in [0, 0.05) is 12.4 Å². The van der Waals surface area contributed by atoms with Crippen molar-refractivity contribution >= 4 is 17.4 Å². The van der Waals surface area contributed by atoms with E-state index in [1.807, 2.05) is 19.2 Å². The Morgan fingerprint density at radius 1 is 1.38 bits per heavy atom. The minimum Gasteiger partial charge on any atom is -0.254 e. The van der Waals surface area contributed by atoms with Crippen molar-refractivity contribution in [2.24, 2.45) is 0 Å². The van der Waals surface area contributed by atoms with E-state index in [9.17, 15) is 0 Å². The third kappa shape index (κ3) is 1.45. The van der Waals surface area contributed by atoms with Gasteiger partial charge in [0.1, 0.15) is 6.33 Å². The molecule has 0 aliphatic rings. The zero-order chi connectivity index (χ0) is 11.0. The van der Waals surface area contributed by atoms with Crippen LogP contribution in [0.25, 0.3) is 5.65 Å². The quantitative estimate of drug-likeness (QED) is 0.721. The fourth-order valence-electron chi connectivity index (χ4n) is 1.44. The predicted octanol–water partition coefficient (Wildman–Crippen LogP) is 1.31. The van der Waals surface area contributed by atoms with Gasteiger partial charge < -0.3 is 0 Å². The smallest absolute Gasteiger partial charge is 0.188 e. The second-order valence-electron chi connectivity index (χ2n) is 3.20. The number of aryl methyl sites for hydroxylation is 1. The Kier molecular flexibility index (Phi) is 2.10. The molecule has 0 atom stereocenters. The highest BCUT2D eigenvalue weighted by Crippen LogP contribution is 2.29. The largest absolute Gasteiger partial charge is 0.254 e. The molecule has 3 heterocycles. The van der Waals surface area contributed by atoms with Crippen molar-refractivity contribution in [3.8, 4) is 0 Å². The molecule has 0 aromatic carbocycles. The van der Waals surface area contributed by atoms with Gasteiger partial charge in [-0.3, -0.25) is 5.10 Å². The molecule has 3 aromatic rings. The number of rotatable bonds is 2. The van der Waals surface area contributed by atoms with Gasteiger partial charge in [0.05, 0.1) is 10.6 Å². The molecule has 7 heteroatoms. The number of nitrogens with zero attached hydrogens (tertiary/aromatic N) is 5. The van der Waals surface area contributed by atoms with Gasteiger partial charge in [0.2, 0.25) is 0 Å². The fourth-order valence-corrected chi connectivity index (χ4v) is 2.25. The number of aromatic nitrogens is 6. The van der Waals surface area contributed by atoms with Crippen LogP contribution in [-0.2, 0) is 0 Å². The molecule has 0 unspecified atom stereocenters. The molecule has 1 N–H and O–H groups in total. The van der Waals surface area contributed by atoms with Crippen molar-refractivity contribution in [2.75, 3.05) is 0 Å². The van der Waals surface area contributed by atoms with Crippen LogP contribution in [0.3, 0.4) is 0 Å². The van der Waals surface area contributed by atoms with Gasteiger partial charge in [0.25, 0.3) is 0 Å². The average Bonchev–Trinajstić information content (AvgIpc) is 2.89. The second-order valence-corrected chi connectivity index (χ2v) is 4.19. The summed E-state index contributed by atoms with van der Waals surface area (Å²) in [4.78, 5) is 9.37. The van der Waals surface area contributed by atoms with Crippen LogP contribution in [0, 0.1) is 6.92 Å². The summed E-state index contributed by atoms with van der Waals surface area (Å²) >= 11 is 1.48. The van der Waals surface area contributed by atoms with Gasteiger partial charge in [-0.15, -0.1) is 0 Å². The van der Waals surface area contributed by atoms with Crippen LogP contribution in [0.2, 0.25) is 0 Å². The molecule has 16 heavy (non-hydrogen) atoms. The van der Waals surface area contributed by atoms with E-state index in [0.717, 1.165) is 21.4 Å². The Morgan fingerprint density at radius 2 is 2.31 bits per heavy atom. The van der Waals surface area contributed by atoms with Crippen LogP contribution in [-0.4, -0.2) is 29.8 Å². The van der Waals surface area contributed by atoms with Gasteiger partial charge >= 0.3 is 0 Å². The lowest BCUT2D eigenvalue weighted by molar-refractivity contribution is 0.916. The third-order valence-electron chi connectivity index (χ3n) is 2.11. The Labute approximate surface area is 95.1 Å². The van der Waals surface area contributed by atoms with Gasteiger partial charge in [-0.05, 0) is 24.8 Å². The molecular formula is C9H8N6S. The monoisotopic (exact) mass is 232 g/mol. The molecular weight excluding hydrogens is 224 g/mol. The van der Waals surface area contributed by atoms with Gasteiger partial charge in [-0.2, -0.15) is 10.2 Å². The van der Waals surface area contributed by atoms with E-state index in [-0.39, 0.29) is 0 Å². The van der Waals surface area contributed by atoms with E-state index < -0.39 is 0 Å². The molecule has 0 bridgehead atoms. The van der Waals surface area contributed by atoms with E-state index in [2.05, 4.69) is 25.3 Å². The van der Waals surface area contributed by atoms with Gasteiger partial charge in [-0.1, -0.05) is 0 Å². The maximum absolute atomic E-state index is 4.36. The molecule has 0 saturated heterocycles. The normalized spacial score (nSPS) is 11.1. The second kappa shape index (κ2) is 3.60. The number of nitrogens with one attached hydrogen (secondary N) is 1. The Morgan fingerprint density at radius 3 is 3.12 bits per heavy atom. The first-order valence-electron chi connectivity index (χ1n) is 4.68. The molecule has 0 aliphatic heterocycles. The van der Waals surface area contributed by atoms with Crippen molar-refractivity contribution in [1.82, 2.24) is 29.8 Å². The SMILES string of the molecule is Cc1nn2cccnc2c1Sc1ncn[nH]1. The zero-order valence-corrected chi connectivity index (χ0v) is 9.27. The maximum atomic E-state index is 4.36. The summed E-state index contributed by atoms with van der Waals surface area (Å²) in [5.41, 5.74) is 1.77. The number of fused-ring (bicyclic) bond motifs is 1. The zero-order valence-electron chi connectivity index (χ0n) is 8.45. The van der Waals surface area contributed by atoms with Crippen LogP contribution in [0.4, 0.5) is 0 Å². The fraction of sp³-hybridized carbons (Fsp3) is 0.111. The lowest BCUT2D eigenvalue weighted by Crippen LogP contribution is -1.87. The standard InChI is InChI=1S/C9H8N6S/c1-6-7(16-9-11-5-12-13-9)8-10-3-2-4-15(8)14-6/h2-5H,1H3,(H,11,12,13). The lowest BCUT2D eigenvalue weighted by Gasteiger charge is -1.95. The lowest BCUT2D eigenvalue weighted by atomic mass is 10.5. The summed E-state index contributed by atoms with van der Waals surface area (Å²) in [5, 5.41) is 11.7. The van der Waals surface area contributed by atoms with E-state index in [0.29, 0.717) is 0 Å². The van der Waals surface area contributed by atoms with E-state index in [1.165, 1.54) is 18.1 Å². The number of hydrogen-bond acceptors (Lipinski definition) is 5.